The van der Waals surface area contributed by atoms with Crippen molar-refractivity contribution in [1.82, 2.24) is 9.97 Å². The van der Waals surface area contributed by atoms with Gasteiger partial charge in [-0.3, -0.25) is 9.59 Å². The SMILES string of the molecule is O=Cc1ccc(C(c2ccccc2)(c2ccccc2)c2ccc(C(c3ccccc3)(c3ccccc3)c3ccc(C=O)[nH]3)s2)[nH]1. The number of aromatic nitrogens is 2. The average Bonchev–Trinajstić information content (AvgIpc) is 3.91. The van der Waals surface area contributed by atoms with Gasteiger partial charge >= 0.3 is 0 Å². The summed E-state index contributed by atoms with van der Waals surface area (Å²) in [6.45, 7) is 0. The van der Waals surface area contributed by atoms with Gasteiger partial charge in [-0.05, 0) is 58.7 Å². The first-order chi connectivity index (χ1) is 22.2. The second kappa shape index (κ2) is 11.9. The lowest BCUT2D eigenvalue weighted by molar-refractivity contribution is 0.111. The average molecular weight is 603 g/mol. The van der Waals surface area contributed by atoms with Crippen LogP contribution in [0.2, 0.25) is 0 Å². The lowest BCUT2D eigenvalue weighted by Crippen LogP contribution is -2.31. The number of thiophene rings is 1. The third-order valence-electron chi connectivity index (χ3n) is 8.65. The molecular formula is C40H30N2O2S. The molecule has 7 aromatic rings. The predicted molar refractivity (Wildman–Crippen MR) is 180 cm³/mol. The topological polar surface area (TPSA) is 65.7 Å². The van der Waals surface area contributed by atoms with Crippen LogP contribution in [0.5, 0.6) is 0 Å². The third kappa shape index (κ3) is 4.60. The molecule has 0 amide bonds. The van der Waals surface area contributed by atoms with E-state index in [0.717, 1.165) is 56.0 Å². The zero-order chi connectivity index (χ0) is 30.7. The van der Waals surface area contributed by atoms with Crippen molar-refractivity contribution in [3.8, 4) is 0 Å². The molecule has 0 atom stereocenters. The highest BCUT2D eigenvalue weighted by molar-refractivity contribution is 7.12. The van der Waals surface area contributed by atoms with Crippen LogP contribution in [0.25, 0.3) is 0 Å². The first-order valence-electron chi connectivity index (χ1n) is 14.8. The van der Waals surface area contributed by atoms with Crippen LogP contribution in [0.1, 0.15) is 64.4 Å². The molecule has 5 heteroatoms. The van der Waals surface area contributed by atoms with Crippen molar-refractivity contribution in [2.75, 3.05) is 0 Å². The fraction of sp³-hybridized carbons (Fsp3) is 0.0500. The molecule has 0 bridgehead atoms. The summed E-state index contributed by atoms with van der Waals surface area (Å²) in [7, 11) is 0. The van der Waals surface area contributed by atoms with Gasteiger partial charge in [0.25, 0.3) is 0 Å². The monoisotopic (exact) mass is 602 g/mol. The first kappa shape index (κ1) is 28.3. The Morgan fingerprint density at radius 2 is 0.711 bits per heavy atom. The number of rotatable bonds is 10. The Kier molecular flexibility index (Phi) is 7.46. The van der Waals surface area contributed by atoms with Gasteiger partial charge in [-0.1, -0.05) is 121 Å². The van der Waals surface area contributed by atoms with Crippen molar-refractivity contribution in [3.05, 3.63) is 213 Å². The van der Waals surface area contributed by atoms with Crippen molar-refractivity contribution in [3.63, 3.8) is 0 Å². The van der Waals surface area contributed by atoms with Gasteiger partial charge in [-0.2, -0.15) is 0 Å². The van der Waals surface area contributed by atoms with Gasteiger partial charge in [-0.25, -0.2) is 0 Å². The van der Waals surface area contributed by atoms with Gasteiger partial charge in [0.2, 0.25) is 0 Å². The molecule has 3 heterocycles. The molecule has 0 spiro atoms. The van der Waals surface area contributed by atoms with E-state index in [1.807, 2.05) is 48.5 Å². The lowest BCUT2D eigenvalue weighted by atomic mass is 9.70. The van der Waals surface area contributed by atoms with Crippen LogP contribution in [-0.4, -0.2) is 22.5 Å². The number of nitrogens with one attached hydrogen (secondary N) is 2. The number of carbonyl (C=O) groups is 2. The van der Waals surface area contributed by atoms with E-state index in [2.05, 4.69) is 119 Å². The Labute approximate surface area is 266 Å². The summed E-state index contributed by atoms with van der Waals surface area (Å²) in [5, 5.41) is 0. The Morgan fingerprint density at radius 1 is 0.400 bits per heavy atom. The molecule has 0 aliphatic carbocycles. The molecule has 3 aromatic heterocycles. The molecular weight excluding hydrogens is 573 g/mol. The molecule has 0 aliphatic rings. The highest BCUT2D eigenvalue weighted by atomic mass is 32.1. The van der Waals surface area contributed by atoms with Gasteiger partial charge in [0.05, 0.1) is 22.2 Å². The number of aldehydes is 2. The van der Waals surface area contributed by atoms with Crippen LogP contribution < -0.4 is 0 Å². The molecule has 45 heavy (non-hydrogen) atoms. The van der Waals surface area contributed by atoms with Crippen LogP contribution in [-0.2, 0) is 10.8 Å². The molecule has 0 aliphatic heterocycles. The number of carbonyl (C=O) groups excluding carboxylic acids is 2. The van der Waals surface area contributed by atoms with Crippen LogP contribution >= 0.6 is 11.3 Å². The second-order valence-corrected chi connectivity index (χ2v) is 12.1. The van der Waals surface area contributed by atoms with E-state index < -0.39 is 10.8 Å². The smallest absolute Gasteiger partial charge is 0.166 e. The zero-order valence-corrected chi connectivity index (χ0v) is 25.2. The molecule has 218 valence electrons. The van der Waals surface area contributed by atoms with Crippen molar-refractivity contribution < 1.29 is 9.59 Å². The van der Waals surface area contributed by atoms with E-state index in [1.165, 1.54) is 0 Å². The zero-order valence-electron chi connectivity index (χ0n) is 24.4. The van der Waals surface area contributed by atoms with Gasteiger partial charge in [0.15, 0.2) is 12.6 Å². The van der Waals surface area contributed by atoms with E-state index in [9.17, 15) is 9.59 Å². The largest absolute Gasteiger partial charge is 0.355 e. The maximum Gasteiger partial charge on any atom is 0.166 e. The van der Waals surface area contributed by atoms with Gasteiger partial charge in [-0.15, -0.1) is 11.3 Å². The van der Waals surface area contributed by atoms with Crippen molar-refractivity contribution in [1.29, 1.82) is 0 Å². The number of hydrogen-bond donors (Lipinski definition) is 2. The summed E-state index contributed by atoms with van der Waals surface area (Å²) in [6.07, 6.45) is 1.71. The molecule has 7 rings (SSSR count). The third-order valence-corrected chi connectivity index (χ3v) is 9.98. The molecule has 0 radical (unpaired) electrons. The van der Waals surface area contributed by atoms with Crippen LogP contribution in [0.3, 0.4) is 0 Å². The number of benzene rings is 4. The molecule has 0 fully saturated rings. The molecule has 4 aromatic carbocycles. The highest BCUT2D eigenvalue weighted by Crippen LogP contribution is 2.52. The Morgan fingerprint density at radius 3 is 0.978 bits per heavy atom. The second-order valence-electron chi connectivity index (χ2n) is 11.0. The summed E-state index contributed by atoms with van der Waals surface area (Å²) >= 11 is 1.73. The quantitative estimate of drug-likeness (QED) is 0.154. The summed E-state index contributed by atoms with van der Waals surface area (Å²) in [4.78, 5) is 32.9. The van der Waals surface area contributed by atoms with E-state index in [1.54, 1.807) is 11.3 Å². The molecule has 0 saturated carbocycles. The van der Waals surface area contributed by atoms with Crippen molar-refractivity contribution in [2.45, 2.75) is 10.8 Å². The maximum atomic E-state index is 11.9. The van der Waals surface area contributed by atoms with Crippen LogP contribution in [0.15, 0.2) is 158 Å². The summed E-state index contributed by atoms with van der Waals surface area (Å²) in [5.41, 5.74) is 5.70. The number of hydrogen-bond acceptors (Lipinski definition) is 3. The van der Waals surface area contributed by atoms with E-state index in [0.29, 0.717) is 11.4 Å². The molecule has 4 nitrogen and oxygen atoms in total. The maximum absolute atomic E-state index is 11.9. The molecule has 2 N–H and O–H groups in total. The Balaban J connectivity index is 1.58. The summed E-state index contributed by atoms with van der Waals surface area (Å²) in [5.74, 6) is 0. The normalized spacial score (nSPS) is 11.7. The van der Waals surface area contributed by atoms with Crippen molar-refractivity contribution >= 4 is 23.9 Å². The summed E-state index contributed by atoms with van der Waals surface area (Å²) in [6, 6.07) is 53.9. The Hall–Kier alpha value is -5.52. The fourth-order valence-corrected chi connectivity index (χ4v) is 8.19. The standard InChI is InChI=1S/C40H30N2O2S/c43-27-33-21-23-35(41-33)39(29-13-5-1-6-14-29,30-15-7-2-8-16-30)37-25-26-38(45-37)40(31-17-9-3-10-18-31,32-19-11-4-12-20-32)36-24-22-34(28-44)42-36/h1-28,41-42H. The van der Waals surface area contributed by atoms with E-state index in [-0.39, 0.29) is 0 Å². The minimum Gasteiger partial charge on any atom is -0.355 e. The number of H-pyrrole nitrogens is 2. The molecule has 0 saturated heterocycles. The van der Waals surface area contributed by atoms with Gasteiger partial charge in [0, 0.05) is 21.1 Å². The van der Waals surface area contributed by atoms with Crippen LogP contribution in [0, 0.1) is 0 Å². The minimum atomic E-state index is -0.741. The van der Waals surface area contributed by atoms with Gasteiger partial charge in [0.1, 0.15) is 0 Å². The highest BCUT2D eigenvalue weighted by Gasteiger charge is 2.45. The van der Waals surface area contributed by atoms with Crippen LogP contribution in [0.4, 0.5) is 0 Å². The lowest BCUT2D eigenvalue weighted by Gasteiger charge is -2.36. The predicted octanol–water partition coefficient (Wildman–Crippen LogP) is 8.79. The Bertz CT molecular complexity index is 1810. The first-order valence-corrected chi connectivity index (χ1v) is 15.6. The van der Waals surface area contributed by atoms with Crippen molar-refractivity contribution in [2.24, 2.45) is 0 Å². The van der Waals surface area contributed by atoms with Gasteiger partial charge < -0.3 is 9.97 Å². The van der Waals surface area contributed by atoms with E-state index >= 15 is 0 Å². The minimum absolute atomic E-state index is 0.522. The fourth-order valence-electron chi connectivity index (χ4n) is 6.68. The van der Waals surface area contributed by atoms with E-state index in [4.69, 9.17) is 0 Å². The summed E-state index contributed by atoms with van der Waals surface area (Å²) < 4.78 is 0. The number of aromatic amines is 2. The molecule has 0 unspecified atom stereocenters.